The number of nitrogens with zero attached hydrogens (tertiary/aromatic N) is 1. The highest BCUT2D eigenvalue weighted by atomic mass is 79.9. The summed E-state index contributed by atoms with van der Waals surface area (Å²) in [5.41, 5.74) is 6.75. The van der Waals surface area contributed by atoms with Gasteiger partial charge in [-0.3, -0.25) is 0 Å². The third kappa shape index (κ3) is 2.30. The number of aryl methyl sites for hydroxylation is 1. The fourth-order valence-corrected chi connectivity index (χ4v) is 3.21. The predicted octanol–water partition coefficient (Wildman–Crippen LogP) is 2.67. The van der Waals surface area contributed by atoms with Gasteiger partial charge in [0.15, 0.2) is 0 Å². The van der Waals surface area contributed by atoms with Gasteiger partial charge in [0.2, 0.25) is 0 Å². The van der Waals surface area contributed by atoms with Crippen molar-refractivity contribution in [2.75, 3.05) is 6.54 Å². The van der Waals surface area contributed by atoms with Crippen molar-refractivity contribution in [1.82, 2.24) is 4.98 Å². The summed E-state index contributed by atoms with van der Waals surface area (Å²) in [5, 5.41) is 1.24. The molecule has 0 atom stereocenters. The zero-order valence-corrected chi connectivity index (χ0v) is 9.83. The maximum absolute atomic E-state index is 5.46. The molecule has 1 aromatic rings. The van der Waals surface area contributed by atoms with Crippen molar-refractivity contribution in [3.8, 4) is 0 Å². The maximum atomic E-state index is 5.46. The van der Waals surface area contributed by atoms with Crippen LogP contribution in [0.3, 0.4) is 0 Å². The number of aromatic nitrogens is 1. The molecule has 0 spiro atoms. The Kier molecular flexibility index (Phi) is 3.01. The van der Waals surface area contributed by atoms with Crippen LogP contribution in [0.25, 0.3) is 0 Å². The van der Waals surface area contributed by atoms with Crippen LogP contribution >= 0.6 is 27.3 Å². The fraction of sp³-hybridized carbons (Fsp3) is 0.667. The average Bonchev–Trinajstić information content (AvgIpc) is 2.88. The van der Waals surface area contributed by atoms with Gasteiger partial charge in [0, 0.05) is 12.3 Å². The first-order valence-electron chi connectivity index (χ1n) is 4.66. The highest BCUT2D eigenvalue weighted by Gasteiger charge is 2.28. The Morgan fingerprint density at radius 1 is 1.54 bits per heavy atom. The molecule has 1 heterocycles. The molecule has 0 bridgehead atoms. The zero-order chi connectivity index (χ0) is 9.26. The smallest absolute Gasteiger partial charge is 0.0940 e. The van der Waals surface area contributed by atoms with Crippen LogP contribution in [0.2, 0.25) is 0 Å². The summed E-state index contributed by atoms with van der Waals surface area (Å²) in [4.78, 5) is 4.63. The monoisotopic (exact) mass is 260 g/mol. The van der Waals surface area contributed by atoms with E-state index in [0.29, 0.717) is 0 Å². The second-order valence-corrected chi connectivity index (χ2v) is 5.83. The first kappa shape index (κ1) is 9.62. The number of halogens is 1. The van der Waals surface area contributed by atoms with Gasteiger partial charge in [-0.15, -0.1) is 11.3 Å². The fourth-order valence-electron chi connectivity index (χ4n) is 1.33. The van der Waals surface area contributed by atoms with Gasteiger partial charge in [-0.1, -0.05) is 0 Å². The van der Waals surface area contributed by atoms with Crippen molar-refractivity contribution in [1.29, 1.82) is 0 Å². The van der Waals surface area contributed by atoms with Gasteiger partial charge in [-0.2, -0.15) is 0 Å². The quantitative estimate of drug-likeness (QED) is 0.905. The summed E-state index contributed by atoms with van der Waals surface area (Å²) >= 11 is 5.35. The molecule has 1 aliphatic rings. The van der Waals surface area contributed by atoms with Gasteiger partial charge in [-0.05, 0) is 41.7 Å². The van der Waals surface area contributed by atoms with E-state index in [4.69, 9.17) is 5.73 Å². The van der Waals surface area contributed by atoms with E-state index in [2.05, 4.69) is 20.9 Å². The highest BCUT2D eigenvalue weighted by Crippen LogP contribution is 2.44. The lowest BCUT2D eigenvalue weighted by Crippen LogP contribution is -2.00. The van der Waals surface area contributed by atoms with Crippen LogP contribution in [0.4, 0.5) is 0 Å². The van der Waals surface area contributed by atoms with E-state index in [9.17, 15) is 0 Å². The maximum Gasteiger partial charge on any atom is 0.0940 e. The Bertz CT molecular complexity index is 294. The summed E-state index contributed by atoms with van der Waals surface area (Å²) in [6, 6.07) is 0. The van der Waals surface area contributed by atoms with Gasteiger partial charge in [0.25, 0.3) is 0 Å². The van der Waals surface area contributed by atoms with Crippen molar-refractivity contribution in [2.24, 2.45) is 5.73 Å². The molecule has 1 saturated carbocycles. The molecule has 4 heteroatoms. The number of rotatable bonds is 4. The van der Waals surface area contributed by atoms with Crippen LogP contribution in [-0.2, 0) is 6.42 Å². The topological polar surface area (TPSA) is 38.9 Å². The van der Waals surface area contributed by atoms with Crippen LogP contribution in [0.5, 0.6) is 0 Å². The SMILES string of the molecule is NCCCc1nc(C2CC2)c(Br)s1. The summed E-state index contributed by atoms with van der Waals surface area (Å²) in [5.74, 6) is 0.747. The summed E-state index contributed by atoms with van der Waals surface area (Å²) < 4.78 is 1.24. The molecule has 0 radical (unpaired) electrons. The number of nitrogens with two attached hydrogens (primary N) is 1. The van der Waals surface area contributed by atoms with E-state index in [-0.39, 0.29) is 0 Å². The highest BCUT2D eigenvalue weighted by molar-refractivity contribution is 9.11. The van der Waals surface area contributed by atoms with Crippen molar-refractivity contribution < 1.29 is 0 Å². The molecule has 0 amide bonds. The van der Waals surface area contributed by atoms with Gasteiger partial charge >= 0.3 is 0 Å². The summed E-state index contributed by atoms with van der Waals surface area (Å²) in [6.45, 7) is 0.760. The molecule has 1 aliphatic carbocycles. The van der Waals surface area contributed by atoms with Crippen LogP contribution < -0.4 is 5.73 Å². The minimum atomic E-state index is 0.747. The summed E-state index contributed by atoms with van der Waals surface area (Å²) in [7, 11) is 0. The molecule has 0 saturated heterocycles. The molecule has 0 aromatic carbocycles. The second-order valence-electron chi connectivity index (χ2n) is 3.43. The molecule has 2 nitrogen and oxygen atoms in total. The lowest BCUT2D eigenvalue weighted by Gasteiger charge is -1.91. The third-order valence-corrected chi connectivity index (χ3v) is 4.02. The van der Waals surface area contributed by atoms with E-state index in [0.717, 1.165) is 25.3 Å². The molecule has 1 fully saturated rings. The summed E-state index contributed by atoms with van der Waals surface area (Å²) in [6.07, 6.45) is 4.72. The molecular weight excluding hydrogens is 248 g/mol. The van der Waals surface area contributed by atoms with E-state index >= 15 is 0 Å². The molecule has 2 rings (SSSR count). The molecule has 0 unspecified atom stereocenters. The molecule has 13 heavy (non-hydrogen) atoms. The Balaban J connectivity index is 2.05. The largest absolute Gasteiger partial charge is 0.330 e. The zero-order valence-electron chi connectivity index (χ0n) is 7.42. The third-order valence-electron chi connectivity index (χ3n) is 2.21. The van der Waals surface area contributed by atoms with Gasteiger partial charge in [0.1, 0.15) is 0 Å². The Morgan fingerprint density at radius 3 is 2.92 bits per heavy atom. The molecule has 72 valence electrons. The van der Waals surface area contributed by atoms with E-state index in [1.807, 2.05) is 0 Å². The lowest BCUT2D eigenvalue weighted by atomic mass is 10.3. The predicted molar refractivity (Wildman–Crippen MR) is 59.2 cm³/mol. The molecule has 0 aliphatic heterocycles. The Hall–Kier alpha value is 0.0700. The van der Waals surface area contributed by atoms with Crippen LogP contribution in [0.1, 0.15) is 35.9 Å². The lowest BCUT2D eigenvalue weighted by molar-refractivity contribution is 0.819. The number of thiazole rings is 1. The van der Waals surface area contributed by atoms with Crippen molar-refractivity contribution >= 4 is 27.3 Å². The number of hydrogen-bond donors (Lipinski definition) is 1. The first-order valence-corrected chi connectivity index (χ1v) is 6.27. The van der Waals surface area contributed by atoms with Crippen LogP contribution in [0.15, 0.2) is 3.79 Å². The minimum Gasteiger partial charge on any atom is -0.330 e. The van der Waals surface area contributed by atoms with Crippen molar-refractivity contribution in [3.05, 3.63) is 14.5 Å². The Morgan fingerprint density at radius 2 is 2.31 bits per heavy atom. The van der Waals surface area contributed by atoms with Crippen molar-refractivity contribution in [2.45, 2.75) is 31.6 Å². The van der Waals surface area contributed by atoms with E-state index in [1.54, 1.807) is 11.3 Å². The molecule has 2 N–H and O–H groups in total. The van der Waals surface area contributed by atoms with Gasteiger partial charge in [-0.25, -0.2) is 4.98 Å². The Labute approximate surface area is 90.7 Å². The van der Waals surface area contributed by atoms with Crippen LogP contribution in [-0.4, -0.2) is 11.5 Å². The second kappa shape index (κ2) is 4.07. The minimum absolute atomic E-state index is 0.747. The van der Waals surface area contributed by atoms with Gasteiger partial charge in [0.05, 0.1) is 14.5 Å². The molecular formula is C9H13BrN2S. The standard InChI is InChI=1S/C9H13BrN2S/c10-9-8(6-3-4-6)12-7(13-9)2-1-5-11/h6H,1-5,11H2. The van der Waals surface area contributed by atoms with Crippen molar-refractivity contribution in [3.63, 3.8) is 0 Å². The molecule has 1 aromatic heterocycles. The average molecular weight is 261 g/mol. The van der Waals surface area contributed by atoms with Gasteiger partial charge < -0.3 is 5.73 Å². The first-order chi connectivity index (χ1) is 6.31. The number of hydrogen-bond acceptors (Lipinski definition) is 3. The normalized spacial score (nSPS) is 16.5. The van der Waals surface area contributed by atoms with E-state index < -0.39 is 0 Å². The van der Waals surface area contributed by atoms with Crippen LogP contribution in [0, 0.1) is 0 Å². The van der Waals surface area contributed by atoms with E-state index in [1.165, 1.54) is 27.3 Å².